The molecule has 0 amide bonds. The molecule has 1 rings (SSSR count). The van der Waals surface area contributed by atoms with Crippen molar-refractivity contribution in [2.75, 3.05) is 33.7 Å². The number of nitrogens with zero attached hydrogens (tertiary/aromatic N) is 3. The predicted molar refractivity (Wildman–Crippen MR) is 80.9 cm³/mol. The molecule has 0 unspecified atom stereocenters. The molecule has 0 atom stereocenters. The van der Waals surface area contributed by atoms with Gasteiger partial charge in [0.15, 0.2) is 0 Å². The third-order valence-electron chi connectivity index (χ3n) is 3.20. The van der Waals surface area contributed by atoms with Crippen molar-refractivity contribution in [3.63, 3.8) is 0 Å². The summed E-state index contributed by atoms with van der Waals surface area (Å²) in [5.41, 5.74) is 6.42. The van der Waals surface area contributed by atoms with Crippen LogP contribution in [0.3, 0.4) is 0 Å². The van der Waals surface area contributed by atoms with E-state index in [4.69, 9.17) is 5.73 Å². The van der Waals surface area contributed by atoms with Gasteiger partial charge in [0.25, 0.3) is 0 Å². The van der Waals surface area contributed by atoms with Gasteiger partial charge in [-0.05, 0) is 26.6 Å². The molecule has 0 radical (unpaired) electrons. The zero-order valence-electron chi connectivity index (χ0n) is 12.8. The first-order valence-corrected chi connectivity index (χ1v) is 8.27. The van der Waals surface area contributed by atoms with Crippen molar-refractivity contribution < 1.29 is 8.42 Å². The maximum atomic E-state index is 12.7. The molecular weight excluding hydrogens is 276 g/mol. The molecule has 6 nitrogen and oxygen atoms in total. The van der Waals surface area contributed by atoms with Crippen LogP contribution in [0, 0.1) is 0 Å². The lowest BCUT2D eigenvalue weighted by Gasteiger charge is -2.22. The fourth-order valence-electron chi connectivity index (χ4n) is 1.98. The zero-order chi connectivity index (χ0) is 15.3. The van der Waals surface area contributed by atoms with E-state index in [0.717, 1.165) is 12.1 Å². The van der Waals surface area contributed by atoms with Gasteiger partial charge in [0.2, 0.25) is 10.0 Å². The highest BCUT2D eigenvalue weighted by Gasteiger charge is 2.25. The van der Waals surface area contributed by atoms with E-state index in [2.05, 4.69) is 0 Å². The van der Waals surface area contributed by atoms with Crippen LogP contribution < -0.4 is 5.73 Å². The van der Waals surface area contributed by atoms with Gasteiger partial charge in [0, 0.05) is 45.1 Å². The average molecular weight is 302 g/mol. The number of aromatic nitrogens is 1. The monoisotopic (exact) mass is 302 g/mol. The van der Waals surface area contributed by atoms with Gasteiger partial charge in [-0.2, -0.15) is 4.31 Å². The van der Waals surface area contributed by atoms with Crippen molar-refractivity contribution in [1.82, 2.24) is 13.8 Å². The van der Waals surface area contributed by atoms with Crippen LogP contribution in [-0.4, -0.2) is 55.9 Å². The van der Waals surface area contributed by atoms with Crippen LogP contribution in [0.5, 0.6) is 0 Å². The van der Waals surface area contributed by atoms with E-state index in [1.807, 2.05) is 33.0 Å². The van der Waals surface area contributed by atoms with E-state index in [9.17, 15) is 8.42 Å². The molecule has 0 fully saturated rings. The maximum absolute atomic E-state index is 12.7. The van der Waals surface area contributed by atoms with Crippen LogP contribution in [0.2, 0.25) is 0 Å². The summed E-state index contributed by atoms with van der Waals surface area (Å²) < 4.78 is 28.7. The molecule has 1 aromatic heterocycles. The molecule has 116 valence electrons. The lowest BCUT2D eigenvalue weighted by Crippen LogP contribution is -2.37. The van der Waals surface area contributed by atoms with Crippen LogP contribution in [-0.2, 0) is 23.6 Å². The second-order valence-electron chi connectivity index (χ2n) is 5.19. The summed E-state index contributed by atoms with van der Waals surface area (Å²) in [5, 5.41) is 0. The van der Waals surface area contributed by atoms with Crippen molar-refractivity contribution >= 4 is 10.0 Å². The number of aryl methyl sites for hydroxylation is 1. The fourth-order valence-corrected chi connectivity index (χ4v) is 3.60. The molecule has 0 aliphatic carbocycles. The molecule has 7 heteroatoms. The van der Waals surface area contributed by atoms with Crippen LogP contribution in [0.4, 0.5) is 0 Å². The molecule has 0 spiro atoms. The predicted octanol–water partition coefficient (Wildman–Crippen LogP) is 0.446. The SMILES string of the molecule is CCCN(CCN(C)C)S(=O)(=O)c1cc(CN)n(C)c1. The molecule has 2 N–H and O–H groups in total. The van der Waals surface area contributed by atoms with Crippen LogP contribution in [0.25, 0.3) is 0 Å². The summed E-state index contributed by atoms with van der Waals surface area (Å²) in [4.78, 5) is 2.31. The Labute approximate surface area is 122 Å². The fraction of sp³-hybridized carbons (Fsp3) is 0.692. The highest BCUT2D eigenvalue weighted by atomic mass is 32.2. The first-order chi connectivity index (χ1) is 9.32. The number of hydrogen-bond acceptors (Lipinski definition) is 4. The number of rotatable bonds is 8. The second-order valence-corrected chi connectivity index (χ2v) is 7.13. The zero-order valence-corrected chi connectivity index (χ0v) is 13.7. The third-order valence-corrected chi connectivity index (χ3v) is 5.06. The van der Waals surface area contributed by atoms with Crippen molar-refractivity contribution in [2.24, 2.45) is 12.8 Å². The van der Waals surface area contributed by atoms with Gasteiger partial charge < -0.3 is 15.2 Å². The first kappa shape index (κ1) is 17.2. The molecule has 0 saturated heterocycles. The lowest BCUT2D eigenvalue weighted by molar-refractivity contribution is 0.333. The summed E-state index contributed by atoms with van der Waals surface area (Å²) >= 11 is 0. The minimum Gasteiger partial charge on any atom is -0.352 e. The molecule has 0 aliphatic rings. The molecule has 1 aromatic rings. The molecule has 0 aliphatic heterocycles. The smallest absolute Gasteiger partial charge is 0.244 e. The minimum absolute atomic E-state index is 0.327. The normalized spacial score (nSPS) is 12.6. The summed E-state index contributed by atoms with van der Waals surface area (Å²) in [5.74, 6) is 0. The van der Waals surface area contributed by atoms with Crippen molar-refractivity contribution in [3.05, 3.63) is 18.0 Å². The molecule has 1 heterocycles. The van der Waals surface area contributed by atoms with E-state index < -0.39 is 10.0 Å². The van der Waals surface area contributed by atoms with Crippen LogP contribution >= 0.6 is 0 Å². The Hall–Kier alpha value is -0.890. The third kappa shape index (κ3) is 4.05. The Morgan fingerprint density at radius 1 is 1.25 bits per heavy atom. The Morgan fingerprint density at radius 2 is 1.90 bits per heavy atom. The highest BCUT2D eigenvalue weighted by Crippen LogP contribution is 2.18. The minimum atomic E-state index is -3.44. The van der Waals surface area contributed by atoms with Crippen molar-refractivity contribution in [1.29, 1.82) is 0 Å². The van der Waals surface area contributed by atoms with Crippen molar-refractivity contribution in [2.45, 2.75) is 24.8 Å². The average Bonchev–Trinajstić information content (AvgIpc) is 2.76. The summed E-state index contributed by atoms with van der Waals surface area (Å²) in [7, 11) is 2.24. The van der Waals surface area contributed by atoms with E-state index in [1.54, 1.807) is 21.1 Å². The van der Waals surface area contributed by atoms with E-state index in [-0.39, 0.29) is 0 Å². The highest BCUT2D eigenvalue weighted by molar-refractivity contribution is 7.89. The molecule has 0 aromatic carbocycles. The molecular formula is C13H26N4O2S. The van der Waals surface area contributed by atoms with E-state index >= 15 is 0 Å². The van der Waals surface area contributed by atoms with E-state index in [0.29, 0.717) is 31.1 Å². The first-order valence-electron chi connectivity index (χ1n) is 6.83. The van der Waals surface area contributed by atoms with Crippen LogP contribution in [0.1, 0.15) is 19.0 Å². The van der Waals surface area contributed by atoms with Crippen LogP contribution in [0.15, 0.2) is 17.2 Å². The van der Waals surface area contributed by atoms with Gasteiger partial charge in [-0.15, -0.1) is 0 Å². The number of sulfonamides is 1. The molecule has 0 saturated carbocycles. The Balaban J connectivity index is 3.02. The standard InChI is InChI=1S/C13H26N4O2S/c1-5-6-17(8-7-15(2)3)20(18,19)13-9-12(10-14)16(4)11-13/h9,11H,5-8,10,14H2,1-4H3. The molecule has 0 bridgehead atoms. The summed E-state index contributed by atoms with van der Waals surface area (Å²) in [6, 6.07) is 1.66. The second kappa shape index (κ2) is 7.21. The summed E-state index contributed by atoms with van der Waals surface area (Å²) in [6.07, 6.45) is 2.43. The lowest BCUT2D eigenvalue weighted by atomic mass is 10.4. The Morgan fingerprint density at radius 3 is 2.35 bits per heavy atom. The van der Waals surface area contributed by atoms with Gasteiger partial charge in [-0.1, -0.05) is 6.92 Å². The van der Waals surface area contributed by atoms with Gasteiger partial charge in [-0.3, -0.25) is 0 Å². The van der Waals surface area contributed by atoms with Gasteiger partial charge >= 0.3 is 0 Å². The van der Waals surface area contributed by atoms with Gasteiger partial charge in [0.1, 0.15) is 4.90 Å². The van der Waals surface area contributed by atoms with Gasteiger partial charge in [-0.25, -0.2) is 8.42 Å². The van der Waals surface area contributed by atoms with E-state index in [1.165, 1.54) is 0 Å². The van der Waals surface area contributed by atoms with Crippen molar-refractivity contribution in [3.8, 4) is 0 Å². The number of likely N-dealkylation sites (N-methyl/N-ethyl adjacent to an activating group) is 1. The Kier molecular flexibility index (Phi) is 6.19. The number of nitrogens with two attached hydrogens (primary N) is 1. The summed E-state index contributed by atoms with van der Waals surface area (Å²) in [6.45, 7) is 4.04. The van der Waals surface area contributed by atoms with Gasteiger partial charge in [0.05, 0.1) is 0 Å². The number of hydrogen-bond donors (Lipinski definition) is 1. The largest absolute Gasteiger partial charge is 0.352 e. The quantitative estimate of drug-likeness (QED) is 0.756. The topological polar surface area (TPSA) is 71.6 Å². The maximum Gasteiger partial charge on any atom is 0.244 e. The molecule has 20 heavy (non-hydrogen) atoms. The Bertz CT molecular complexity index is 522.